The first-order chi connectivity index (χ1) is 14.4. The van der Waals surface area contributed by atoms with Crippen LogP contribution in [0.15, 0.2) is 63.2 Å². The van der Waals surface area contributed by atoms with Crippen molar-refractivity contribution in [1.29, 1.82) is 0 Å². The van der Waals surface area contributed by atoms with E-state index in [2.05, 4.69) is 31.3 Å². The highest BCUT2D eigenvalue weighted by atomic mass is 79.9. The lowest BCUT2D eigenvalue weighted by Gasteiger charge is -2.08. The lowest BCUT2D eigenvalue weighted by atomic mass is 10.1. The average molecular weight is 485 g/mol. The summed E-state index contributed by atoms with van der Waals surface area (Å²) in [6.07, 6.45) is 0. The van der Waals surface area contributed by atoms with Gasteiger partial charge in [-0.2, -0.15) is 5.10 Å². The number of carbonyl (C=O) groups excluding carboxylic acids is 1. The van der Waals surface area contributed by atoms with E-state index in [0.717, 1.165) is 14.7 Å². The number of aromatic nitrogens is 3. The highest BCUT2D eigenvalue weighted by Crippen LogP contribution is 2.26. The largest absolute Gasteiger partial charge is 0.476 e. The third-order valence-electron chi connectivity index (χ3n) is 4.23. The van der Waals surface area contributed by atoms with Gasteiger partial charge in [-0.15, -0.1) is 11.3 Å². The standard InChI is InChI=1S/C20H13BrN4O4S/c21-12-5-3-4-11(8-12)15-10-30-20(22-15)23-16(26)9-25-18(27)14-7-2-1-6-13(14)17(24-25)19(28)29/h1-8,10H,9H2,(H,28,29)(H,22,23,26). The van der Waals surface area contributed by atoms with Crippen molar-refractivity contribution in [1.82, 2.24) is 14.8 Å². The topological polar surface area (TPSA) is 114 Å². The summed E-state index contributed by atoms with van der Waals surface area (Å²) < 4.78 is 1.76. The van der Waals surface area contributed by atoms with E-state index in [1.807, 2.05) is 24.3 Å². The first kappa shape index (κ1) is 19.9. The fourth-order valence-electron chi connectivity index (χ4n) is 2.91. The van der Waals surface area contributed by atoms with Crippen LogP contribution in [0.1, 0.15) is 10.5 Å². The SMILES string of the molecule is O=C(Cn1nc(C(=O)O)c2ccccc2c1=O)Nc1nc(-c2cccc(Br)c2)cs1. The van der Waals surface area contributed by atoms with Gasteiger partial charge in [0.1, 0.15) is 6.54 Å². The molecule has 0 atom stereocenters. The van der Waals surface area contributed by atoms with Crippen molar-refractivity contribution < 1.29 is 14.7 Å². The molecule has 4 rings (SSSR count). The van der Waals surface area contributed by atoms with E-state index in [1.54, 1.807) is 17.5 Å². The van der Waals surface area contributed by atoms with E-state index in [0.29, 0.717) is 10.8 Å². The van der Waals surface area contributed by atoms with Gasteiger partial charge in [0, 0.05) is 20.8 Å². The molecule has 2 N–H and O–H groups in total. The van der Waals surface area contributed by atoms with Crippen molar-refractivity contribution in [2.45, 2.75) is 6.54 Å². The number of aromatic carboxylic acids is 1. The van der Waals surface area contributed by atoms with Crippen molar-refractivity contribution in [3.05, 3.63) is 74.4 Å². The van der Waals surface area contributed by atoms with Crippen LogP contribution in [0.2, 0.25) is 0 Å². The Morgan fingerprint density at radius 3 is 2.63 bits per heavy atom. The van der Waals surface area contributed by atoms with Crippen molar-refractivity contribution in [2.24, 2.45) is 0 Å². The monoisotopic (exact) mass is 484 g/mol. The first-order valence-electron chi connectivity index (χ1n) is 8.67. The molecular formula is C20H13BrN4O4S. The van der Waals surface area contributed by atoms with E-state index >= 15 is 0 Å². The normalized spacial score (nSPS) is 10.8. The van der Waals surface area contributed by atoms with Crippen molar-refractivity contribution in [3.63, 3.8) is 0 Å². The van der Waals surface area contributed by atoms with Gasteiger partial charge >= 0.3 is 5.97 Å². The molecule has 2 aromatic carbocycles. The maximum Gasteiger partial charge on any atom is 0.357 e. The zero-order chi connectivity index (χ0) is 21.3. The molecule has 0 fully saturated rings. The van der Waals surface area contributed by atoms with Crippen LogP contribution in [0.25, 0.3) is 22.0 Å². The Kier molecular flexibility index (Phi) is 5.42. The van der Waals surface area contributed by atoms with Crippen LogP contribution in [-0.4, -0.2) is 31.7 Å². The Morgan fingerprint density at radius 2 is 1.90 bits per heavy atom. The van der Waals surface area contributed by atoms with Gasteiger partial charge in [-0.1, -0.05) is 46.3 Å². The highest BCUT2D eigenvalue weighted by Gasteiger charge is 2.17. The molecule has 0 saturated heterocycles. The molecule has 8 nitrogen and oxygen atoms in total. The van der Waals surface area contributed by atoms with Gasteiger partial charge in [-0.05, 0) is 18.2 Å². The second-order valence-corrected chi connectivity index (χ2v) is 8.03. The summed E-state index contributed by atoms with van der Waals surface area (Å²) in [4.78, 5) is 41.0. The molecule has 0 aliphatic heterocycles. The molecule has 2 heterocycles. The smallest absolute Gasteiger partial charge is 0.357 e. The Balaban J connectivity index is 1.58. The Bertz CT molecular complexity index is 1350. The minimum atomic E-state index is -1.28. The third-order valence-corrected chi connectivity index (χ3v) is 5.49. The maximum absolute atomic E-state index is 12.6. The zero-order valence-corrected chi connectivity index (χ0v) is 17.6. The van der Waals surface area contributed by atoms with Crippen LogP contribution in [0, 0.1) is 0 Å². The molecule has 0 spiro atoms. The molecule has 0 radical (unpaired) electrons. The summed E-state index contributed by atoms with van der Waals surface area (Å²) in [7, 11) is 0. The number of halogens is 1. The number of carboxylic acids is 1. The van der Waals surface area contributed by atoms with E-state index in [-0.39, 0.29) is 16.5 Å². The van der Waals surface area contributed by atoms with Crippen LogP contribution in [0.5, 0.6) is 0 Å². The quantitative estimate of drug-likeness (QED) is 0.447. The minimum Gasteiger partial charge on any atom is -0.476 e. The number of anilines is 1. The molecule has 0 aliphatic carbocycles. The molecule has 30 heavy (non-hydrogen) atoms. The van der Waals surface area contributed by atoms with Gasteiger partial charge in [0.2, 0.25) is 5.91 Å². The number of nitrogens with zero attached hydrogens (tertiary/aromatic N) is 3. The molecular weight excluding hydrogens is 472 g/mol. The number of hydrogen-bond acceptors (Lipinski definition) is 6. The average Bonchev–Trinajstić information content (AvgIpc) is 3.18. The van der Waals surface area contributed by atoms with Crippen molar-refractivity contribution in [3.8, 4) is 11.3 Å². The van der Waals surface area contributed by atoms with E-state index in [4.69, 9.17) is 0 Å². The number of hydrogen-bond donors (Lipinski definition) is 2. The lowest BCUT2D eigenvalue weighted by molar-refractivity contribution is -0.117. The summed E-state index contributed by atoms with van der Waals surface area (Å²) in [6, 6.07) is 13.9. The predicted octanol–water partition coefficient (Wildman–Crippen LogP) is 3.62. The fourth-order valence-corrected chi connectivity index (χ4v) is 4.04. The molecule has 1 amide bonds. The highest BCUT2D eigenvalue weighted by molar-refractivity contribution is 9.10. The molecule has 0 unspecified atom stereocenters. The Morgan fingerprint density at radius 1 is 1.13 bits per heavy atom. The van der Waals surface area contributed by atoms with E-state index < -0.39 is 24.0 Å². The van der Waals surface area contributed by atoms with Crippen LogP contribution >= 0.6 is 27.3 Å². The summed E-state index contributed by atoms with van der Waals surface area (Å²) in [5.41, 5.74) is 0.759. The van der Waals surface area contributed by atoms with Crippen LogP contribution in [0.4, 0.5) is 5.13 Å². The van der Waals surface area contributed by atoms with Gasteiger partial charge in [0.15, 0.2) is 10.8 Å². The molecule has 0 aliphatic rings. The molecule has 0 saturated carbocycles. The fraction of sp³-hybridized carbons (Fsp3) is 0.0500. The molecule has 4 aromatic rings. The van der Waals surface area contributed by atoms with Crippen molar-refractivity contribution >= 4 is 55.0 Å². The van der Waals surface area contributed by atoms with Crippen LogP contribution < -0.4 is 10.9 Å². The Labute approximate surface area is 181 Å². The number of fused-ring (bicyclic) bond motifs is 1. The number of benzene rings is 2. The summed E-state index contributed by atoms with van der Waals surface area (Å²) in [5.74, 6) is -1.81. The van der Waals surface area contributed by atoms with Crippen LogP contribution in [-0.2, 0) is 11.3 Å². The second kappa shape index (κ2) is 8.17. The van der Waals surface area contributed by atoms with Gasteiger partial charge in [-0.25, -0.2) is 14.5 Å². The van der Waals surface area contributed by atoms with Gasteiger partial charge in [0.05, 0.1) is 11.1 Å². The number of thiazole rings is 1. The third kappa shape index (κ3) is 4.00. The number of carbonyl (C=O) groups is 2. The zero-order valence-electron chi connectivity index (χ0n) is 15.2. The van der Waals surface area contributed by atoms with Gasteiger partial charge in [0.25, 0.3) is 5.56 Å². The molecule has 10 heteroatoms. The molecule has 0 bridgehead atoms. The summed E-state index contributed by atoms with van der Waals surface area (Å²) in [6.45, 7) is -0.435. The number of amides is 1. The maximum atomic E-state index is 12.6. The predicted molar refractivity (Wildman–Crippen MR) is 117 cm³/mol. The number of nitrogens with one attached hydrogen (secondary N) is 1. The molecule has 2 aromatic heterocycles. The van der Waals surface area contributed by atoms with Crippen LogP contribution in [0.3, 0.4) is 0 Å². The van der Waals surface area contributed by atoms with Gasteiger partial charge < -0.3 is 10.4 Å². The Hall–Kier alpha value is -3.37. The summed E-state index contributed by atoms with van der Waals surface area (Å²) >= 11 is 4.65. The minimum absolute atomic E-state index is 0.184. The van der Waals surface area contributed by atoms with E-state index in [9.17, 15) is 19.5 Å². The van der Waals surface area contributed by atoms with E-state index in [1.165, 1.54) is 23.5 Å². The summed E-state index contributed by atoms with van der Waals surface area (Å²) in [5, 5.41) is 18.5. The first-order valence-corrected chi connectivity index (χ1v) is 10.3. The second-order valence-electron chi connectivity index (χ2n) is 6.26. The number of rotatable bonds is 5. The molecule has 150 valence electrons. The van der Waals surface area contributed by atoms with Crippen molar-refractivity contribution in [2.75, 3.05) is 5.32 Å². The lowest BCUT2D eigenvalue weighted by Crippen LogP contribution is -2.31. The number of carboxylic acid groups (broad SMARTS) is 1. The van der Waals surface area contributed by atoms with Gasteiger partial charge in [-0.3, -0.25) is 9.59 Å².